The van der Waals surface area contributed by atoms with E-state index in [-0.39, 0.29) is 0 Å². The fourth-order valence-electron chi connectivity index (χ4n) is 1.62. The number of hydrogen-bond acceptors (Lipinski definition) is 3. The quantitative estimate of drug-likeness (QED) is 0.679. The minimum absolute atomic E-state index is 0.968. The zero-order valence-corrected chi connectivity index (χ0v) is 9.89. The summed E-state index contributed by atoms with van der Waals surface area (Å²) in [4.78, 5) is 8.87. The Bertz CT molecular complexity index is 638. The van der Waals surface area contributed by atoms with E-state index < -0.39 is 0 Å². The third kappa shape index (κ3) is 2.29. The number of fused-ring (bicyclic) bond motifs is 1. The van der Waals surface area contributed by atoms with Gasteiger partial charge in [0.15, 0.2) is 0 Å². The lowest BCUT2D eigenvalue weighted by atomic mass is 10.2. The smallest absolute Gasteiger partial charge is 0.103 e. The normalized spacial score (nSPS) is 10.6. The molecular weight excluding hydrogens is 228 g/mol. The van der Waals surface area contributed by atoms with E-state index in [1.165, 1.54) is 0 Å². The minimum atomic E-state index is 0.968. The van der Waals surface area contributed by atoms with Crippen molar-refractivity contribution in [3.63, 3.8) is 0 Å². The van der Waals surface area contributed by atoms with Crippen molar-refractivity contribution in [3.8, 4) is 0 Å². The molecule has 3 rings (SSSR count). The topological polar surface area (TPSA) is 25.8 Å². The van der Waals surface area contributed by atoms with Gasteiger partial charge in [0.1, 0.15) is 10.1 Å². The van der Waals surface area contributed by atoms with Crippen molar-refractivity contribution in [3.05, 3.63) is 60.8 Å². The summed E-state index contributed by atoms with van der Waals surface area (Å²) in [6, 6.07) is 18.1. The fraction of sp³-hybridized carbons (Fsp3) is 0. The molecule has 3 heteroatoms. The molecule has 0 radical (unpaired) electrons. The van der Waals surface area contributed by atoms with Crippen molar-refractivity contribution in [1.29, 1.82) is 0 Å². The van der Waals surface area contributed by atoms with Gasteiger partial charge in [0.05, 0.1) is 5.52 Å². The van der Waals surface area contributed by atoms with Crippen molar-refractivity contribution in [2.24, 2.45) is 0 Å². The molecule has 82 valence electrons. The van der Waals surface area contributed by atoms with Gasteiger partial charge in [0, 0.05) is 11.6 Å². The van der Waals surface area contributed by atoms with Gasteiger partial charge in [-0.1, -0.05) is 42.1 Å². The highest BCUT2D eigenvalue weighted by Gasteiger charge is 2.00. The van der Waals surface area contributed by atoms with Crippen LogP contribution < -0.4 is 0 Å². The van der Waals surface area contributed by atoms with Crippen molar-refractivity contribution < 1.29 is 0 Å². The summed E-state index contributed by atoms with van der Waals surface area (Å²) in [6.45, 7) is 0. The van der Waals surface area contributed by atoms with Crippen LogP contribution in [0.5, 0.6) is 0 Å². The van der Waals surface area contributed by atoms with Crippen molar-refractivity contribution in [1.82, 2.24) is 9.97 Å². The minimum Gasteiger partial charge on any atom is -0.250 e. The van der Waals surface area contributed by atoms with Crippen molar-refractivity contribution >= 4 is 22.7 Å². The molecule has 0 aliphatic heterocycles. The molecule has 0 atom stereocenters. The van der Waals surface area contributed by atoms with E-state index in [0.717, 1.165) is 21.0 Å². The maximum atomic E-state index is 4.59. The third-order valence-electron chi connectivity index (χ3n) is 2.42. The summed E-state index contributed by atoms with van der Waals surface area (Å²) in [5.41, 5.74) is 1.02. The van der Waals surface area contributed by atoms with Gasteiger partial charge in [-0.15, -0.1) is 0 Å². The molecule has 3 aromatic rings. The summed E-state index contributed by atoms with van der Waals surface area (Å²) < 4.78 is 0. The molecule has 0 saturated carbocycles. The van der Waals surface area contributed by atoms with Gasteiger partial charge < -0.3 is 0 Å². The molecule has 0 bridgehead atoms. The number of rotatable bonds is 2. The molecule has 0 fully saturated rings. The molecule has 0 unspecified atom stereocenters. The Balaban J connectivity index is 1.96. The number of pyridine rings is 2. The summed E-state index contributed by atoms with van der Waals surface area (Å²) in [5.74, 6) is 0. The number of nitrogens with zero attached hydrogens (tertiary/aromatic N) is 2. The summed E-state index contributed by atoms with van der Waals surface area (Å²) in [7, 11) is 0. The second-order valence-electron chi connectivity index (χ2n) is 3.61. The van der Waals surface area contributed by atoms with Crippen LogP contribution in [0.4, 0.5) is 0 Å². The number of aromatic nitrogens is 2. The second kappa shape index (κ2) is 4.55. The van der Waals surface area contributed by atoms with Gasteiger partial charge in [-0.3, -0.25) is 0 Å². The largest absolute Gasteiger partial charge is 0.250 e. The maximum absolute atomic E-state index is 4.59. The van der Waals surface area contributed by atoms with Crippen LogP contribution in [0.1, 0.15) is 0 Å². The van der Waals surface area contributed by atoms with Gasteiger partial charge in [0.25, 0.3) is 0 Å². The molecule has 2 heterocycles. The molecule has 0 amide bonds. The molecular formula is C14H10N2S. The lowest BCUT2D eigenvalue weighted by molar-refractivity contribution is 1.11. The van der Waals surface area contributed by atoms with Crippen LogP contribution in [-0.4, -0.2) is 9.97 Å². The van der Waals surface area contributed by atoms with Crippen LogP contribution in [-0.2, 0) is 0 Å². The monoisotopic (exact) mass is 238 g/mol. The maximum Gasteiger partial charge on any atom is 0.103 e. The van der Waals surface area contributed by atoms with Crippen LogP contribution in [0.25, 0.3) is 10.9 Å². The Morgan fingerprint density at radius 1 is 0.765 bits per heavy atom. The Morgan fingerprint density at radius 3 is 2.53 bits per heavy atom. The molecule has 0 aliphatic carbocycles. The number of para-hydroxylation sites is 1. The first-order valence-electron chi connectivity index (χ1n) is 5.36. The third-order valence-corrected chi connectivity index (χ3v) is 3.31. The first-order chi connectivity index (χ1) is 8.42. The lowest BCUT2D eigenvalue weighted by Crippen LogP contribution is -1.83. The molecule has 2 nitrogen and oxygen atoms in total. The van der Waals surface area contributed by atoms with Gasteiger partial charge >= 0.3 is 0 Å². The van der Waals surface area contributed by atoms with E-state index in [0.29, 0.717) is 0 Å². The molecule has 0 aliphatic rings. The molecule has 17 heavy (non-hydrogen) atoms. The highest BCUT2D eigenvalue weighted by atomic mass is 32.2. The number of benzene rings is 1. The zero-order valence-electron chi connectivity index (χ0n) is 9.08. The van der Waals surface area contributed by atoms with E-state index in [1.807, 2.05) is 42.5 Å². The Hall–Kier alpha value is -1.87. The van der Waals surface area contributed by atoms with Crippen LogP contribution in [0.15, 0.2) is 70.8 Å². The van der Waals surface area contributed by atoms with Crippen molar-refractivity contribution in [2.45, 2.75) is 10.1 Å². The standard InChI is InChI=1S/C14H10N2S/c1-2-6-12-11(5-1)8-9-14(16-12)17-13-7-3-4-10-15-13/h1-10H. The lowest BCUT2D eigenvalue weighted by Gasteiger charge is -2.01. The number of hydrogen-bond donors (Lipinski definition) is 0. The zero-order chi connectivity index (χ0) is 11.5. The Labute approximate surface area is 104 Å². The Kier molecular flexibility index (Phi) is 2.76. The first-order valence-corrected chi connectivity index (χ1v) is 6.18. The summed E-state index contributed by atoms with van der Waals surface area (Å²) >= 11 is 1.58. The first kappa shape index (κ1) is 10.3. The van der Waals surface area contributed by atoms with Crippen LogP contribution in [0.2, 0.25) is 0 Å². The molecule has 0 spiro atoms. The molecule has 2 aromatic heterocycles. The fourth-order valence-corrected chi connectivity index (χ4v) is 2.37. The van der Waals surface area contributed by atoms with E-state index in [2.05, 4.69) is 22.1 Å². The Morgan fingerprint density at radius 2 is 1.65 bits per heavy atom. The highest BCUT2D eigenvalue weighted by Crippen LogP contribution is 2.25. The van der Waals surface area contributed by atoms with Gasteiger partial charge in [-0.2, -0.15) is 0 Å². The van der Waals surface area contributed by atoms with E-state index in [1.54, 1.807) is 18.0 Å². The average molecular weight is 238 g/mol. The van der Waals surface area contributed by atoms with E-state index >= 15 is 0 Å². The summed E-state index contributed by atoms with van der Waals surface area (Å²) in [5, 5.41) is 3.11. The van der Waals surface area contributed by atoms with Crippen LogP contribution in [0.3, 0.4) is 0 Å². The SMILES string of the molecule is c1ccc(Sc2ccc3ccccc3n2)nc1. The molecule has 1 aromatic carbocycles. The highest BCUT2D eigenvalue weighted by molar-refractivity contribution is 7.99. The second-order valence-corrected chi connectivity index (χ2v) is 4.65. The molecule has 0 saturated heterocycles. The predicted octanol–water partition coefficient (Wildman–Crippen LogP) is 3.78. The van der Waals surface area contributed by atoms with Gasteiger partial charge in [-0.25, -0.2) is 9.97 Å². The van der Waals surface area contributed by atoms with Crippen LogP contribution in [0, 0.1) is 0 Å². The predicted molar refractivity (Wildman–Crippen MR) is 70.1 cm³/mol. The average Bonchev–Trinajstić information content (AvgIpc) is 2.40. The molecule has 0 N–H and O–H groups in total. The van der Waals surface area contributed by atoms with Crippen LogP contribution >= 0.6 is 11.8 Å². The summed E-state index contributed by atoms with van der Waals surface area (Å²) in [6.07, 6.45) is 1.80. The van der Waals surface area contributed by atoms with E-state index in [9.17, 15) is 0 Å². The van der Waals surface area contributed by atoms with E-state index in [4.69, 9.17) is 0 Å². The van der Waals surface area contributed by atoms with Crippen molar-refractivity contribution in [2.75, 3.05) is 0 Å². The van der Waals surface area contributed by atoms with Gasteiger partial charge in [-0.05, 0) is 24.3 Å². The van der Waals surface area contributed by atoms with Gasteiger partial charge in [0.2, 0.25) is 0 Å².